The number of benzene rings is 10. The molecule has 0 N–H and O–H groups in total. The van der Waals surface area contributed by atoms with Gasteiger partial charge < -0.3 is 4.90 Å². The topological polar surface area (TPSA) is 3.24 Å². The van der Waals surface area contributed by atoms with E-state index in [1.807, 2.05) is 0 Å². The van der Waals surface area contributed by atoms with Gasteiger partial charge in [-0.05, 0) is 143 Å². The fourth-order valence-corrected chi connectivity index (χ4v) is 11.8. The molecule has 65 heavy (non-hydrogen) atoms. The second-order valence-electron chi connectivity index (χ2n) is 18.4. The second kappa shape index (κ2) is 14.3. The summed E-state index contributed by atoms with van der Waals surface area (Å²) in [7, 11) is 0. The highest BCUT2D eigenvalue weighted by molar-refractivity contribution is 6.01. The third-order valence-corrected chi connectivity index (χ3v) is 14.7. The number of hydrogen-bond acceptors (Lipinski definition) is 1. The van der Waals surface area contributed by atoms with Crippen LogP contribution in [0.15, 0.2) is 237 Å². The zero-order chi connectivity index (χ0) is 43.3. The summed E-state index contributed by atoms with van der Waals surface area (Å²) >= 11 is 0. The lowest BCUT2D eigenvalue weighted by atomic mass is 9.70. The monoisotopic (exact) mass is 827 g/mol. The van der Waals surface area contributed by atoms with Crippen molar-refractivity contribution in [3.05, 3.63) is 270 Å². The maximum atomic E-state index is 2.53. The summed E-state index contributed by atoms with van der Waals surface area (Å²) in [4.78, 5) is 2.53. The van der Waals surface area contributed by atoms with Gasteiger partial charge in [0.15, 0.2) is 0 Å². The number of rotatable bonds is 6. The largest absolute Gasteiger partial charge is 0.310 e. The molecule has 0 amide bonds. The van der Waals surface area contributed by atoms with E-state index in [0.717, 1.165) is 11.4 Å². The van der Waals surface area contributed by atoms with Gasteiger partial charge in [-0.3, -0.25) is 0 Å². The predicted molar refractivity (Wildman–Crippen MR) is 271 cm³/mol. The maximum Gasteiger partial charge on any atom is 0.0726 e. The Bertz CT molecular complexity index is 3400. The number of fused-ring (bicyclic) bond motifs is 13. The Balaban J connectivity index is 1.03. The average molecular weight is 828 g/mol. The summed E-state index contributed by atoms with van der Waals surface area (Å²) in [5, 5.41) is 0. The van der Waals surface area contributed by atoms with Crippen molar-refractivity contribution < 1.29 is 0 Å². The molecule has 0 atom stereocenters. The highest BCUT2D eigenvalue weighted by Crippen LogP contribution is 2.65. The van der Waals surface area contributed by atoms with E-state index in [1.165, 1.54) is 106 Å². The summed E-state index contributed by atoms with van der Waals surface area (Å²) < 4.78 is 0. The molecule has 3 aliphatic carbocycles. The van der Waals surface area contributed by atoms with Crippen molar-refractivity contribution in [1.29, 1.82) is 0 Å². The minimum absolute atomic E-state index is 0.149. The Morgan fingerprint density at radius 3 is 1.26 bits per heavy atom. The van der Waals surface area contributed by atoms with Gasteiger partial charge in [0.2, 0.25) is 0 Å². The molecule has 1 heteroatoms. The van der Waals surface area contributed by atoms with E-state index in [4.69, 9.17) is 0 Å². The SMILES string of the molecule is CC1(C)c2ccccc2-c2ccc(N(c3ccc(-c4cc(-c5ccccc5)cc(-c5ccccc5)c4)cc3)c3cccc4c3-c3ccccc3C43c4ccccc4-c4ccccc43)cc21. The lowest BCUT2D eigenvalue weighted by molar-refractivity contribution is 0.660. The van der Waals surface area contributed by atoms with Gasteiger partial charge in [-0.2, -0.15) is 0 Å². The third-order valence-electron chi connectivity index (χ3n) is 14.7. The van der Waals surface area contributed by atoms with Gasteiger partial charge in [-0.15, -0.1) is 0 Å². The van der Waals surface area contributed by atoms with Gasteiger partial charge in [0.1, 0.15) is 0 Å². The van der Waals surface area contributed by atoms with Crippen LogP contribution in [0, 0.1) is 0 Å². The van der Waals surface area contributed by atoms with Crippen LogP contribution >= 0.6 is 0 Å². The minimum atomic E-state index is -0.438. The molecule has 0 bridgehead atoms. The zero-order valence-corrected chi connectivity index (χ0v) is 36.5. The molecule has 0 fully saturated rings. The van der Waals surface area contributed by atoms with Gasteiger partial charge in [-0.1, -0.05) is 202 Å². The minimum Gasteiger partial charge on any atom is -0.310 e. The molecule has 10 aromatic carbocycles. The molecule has 306 valence electrons. The third kappa shape index (κ3) is 5.46. The van der Waals surface area contributed by atoms with Crippen molar-refractivity contribution in [2.75, 3.05) is 4.90 Å². The molecule has 0 aromatic heterocycles. The van der Waals surface area contributed by atoms with Gasteiger partial charge in [0.05, 0.1) is 11.1 Å². The van der Waals surface area contributed by atoms with Gasteiger partial charge in [0.25, 0.3) is 0 Å². The molecule has 0 saturated carbocycles. The maximum absolute atomic E-state index is 2.53. The van der Waals surface area contributed by atoms with Gasteiger partial charge in [0, 0.05) is 22.4 Å². The fraction of sp³-hybridized carbons (Fsp3) is 0.0625. The van der Waals surface area contributed by atoms with Crippen LogP contribution in [0.2, 0.25) is 0 Å². The molecule has 0 saturated heterocycles. The molecule has 0 radical (unpaired) electrons. The van der Waals surface area contributed by atoms with Gasteiger partial charge in [-0.25, -0.2) is 0 Å². The Morgan fingerprint density at radius 2 is 0.692 bits per heavy atom. The van der Waals surface area contributed by atoms with Crippen LogP contribution in [0.5, 0.6) is 0 Å². The Labute approximate surface area is 381 Å². The van der Waals surface area contributed by atoms with Crippen LogP contribution in [0.25, 0.3) is 66.8 Å². The van der Waals surface area contributed by atoms with Gasteiger partial charge >= 0.3 is 0 Å². The molecule has 13 rings (SSSR count). The van der Waals surface area contributed by atoms with Crippen LogP contribution < -0.4 is 4.90 Å². The first-order valence-electron chi connectivity index (χ1n) is 22.8. The standard InChI is InChI=1S/C64H45N/c1-63(2)55-26-13-9-22-50(55)53-37-36-49(41-60(53)63)65(48-34-32-44(33-35-48)47-39-45(42-18-5-3-6-19-42)38-46(40-47)43-20-7-4-8-21-43)61-31-17-30-59-62(61)54-25-12-16-29-58(54)64(59)56-27-14-10-23-51(56)52-24-11-15-28-57(52)64/h3-41H,1-2H3. The average Bonchev–Trinajstić information content (AvgIpc) is 3.93. The normalized spacial score (nSPS) is 13.9. The molecule has 0 aliphatic heterocycles. The van der Waals surface area contributed by atoms with Crippen LogP contribution in [0.1, 0.15) is 47.2 Å². The van der Waals surface area contributed by atoms with E-state index in [-0.39, 0.29) is 5.41 Å². The molecular formula is C64H45N. The molecule has 10 aromatic rings. The number of hydrogen-bond donors (Lipinski definition) is 0. The van der Waals surface area contributed by atoms with E-state index in [2.05, 4.69) is 255 Å². The van der Waals surface area contributed by atoms with Crippen LogP contribution in [-0.4, -0.2) is 0 Å². The van der Waals surface area contributed by atoms with Crippen molar-refractivity contribution in [2.24, 2.45) is 0 Å². The first-order chi connectivity index (χ1) is 32.0. The lowest BCUT2D eigenvalue weighted by Gasteiger charge is -2.32. The lowest BCUT2D eigenvalue weighted by Crippen LogP contribution is -2.26. The van der Waals surface area contributed by atoms with Crippen molar-refractivity contribution in [2.45, 2.75) is 24.7 Å². The first kappa shape index (κ1) is 37.5. The number of anilines is 3. The van der Waals surface area contributed by atoms with E-state index in [0.29, 0.717) is 0 Å². The Hall–Kier alpha value is -8.00. The smallest absolute Gasteiger partial charge is 0.0726 e. The molecule has 1 spiro atoms. The van der Waals surface area contributed by atoms with Crippen molar-refractivity contribution in [3.8, 4) is 66.8 Å². The molecule has 1 nitrogen and oxygen atoms in total. The van der Waals surface area contributed by atoms with Crippen LogP contribution in [-0.2, 0) is 10.8 Å². The quantitative estimate of drug-likeness (QED) is 0.161. The van der Waals surface area contributed by atoms with Crippen molar-refractivity contribution in [3.63, 3.8) is 0 Å². The first-order valence-corrected chi connectivity index (χ1v) is 22.8. The van der Waals surface area contributed by atoms with E-state index < -0.39 is 5.41 Å². The zero-order valence-electron chi connectivity index (χ0n) is 36.5. The summed E-state index contributed by atoms with van der Waals surface area (Å²) in [5.41, 5.74) is 26.0. The Morgan fingerprint density at radius 1 is 0.277 bits per heavy atom. The highest BCUT2D eigenvalue weighted by Gasteiger charge is 2.52. The summed E-state index contributed by atoms with van der Waals surface area (Å²) in [6.45, 7) is 4.76. The van der Waals surface area contributed by atoms with Crippen LogP contribution in [0.3, 0.4) is 0 Å². The summed E-state index contributed by atoms with van der Waals surface area (Å²) in [6.07, 6.45) is 0. The van der Waals surface area contributed by atoms with E-state index in [9.17, 15) is 0 Å². The second-order valence-corrected chi connectivity index (χ2v) is 18.4. The number of nitrogens with zero attached hydrogens (tertiary/aromatic N) is 1. The van der Waals surface area contributed by atoms with E-state index >= 15 is 0 Å². The summed E-state index contributed by atoms with van der Waals surface area (Å²) in [5.74, 6) is 0. The molecule has 0 unspecified atom stereocenters. The fourth-order valence-electron chi connectivity index (χ4n) is 11.8. The molecule has 3 aliphatic rings. The predicted octanol–water partition coefficient (Wildman–Crippen LogP) is 16.8. The van der Waals surface area contributed by atoms with E-state index in [1.54, 1.807) is 0 Å². The van der Waals surface area contributed by atoms with Crippen LogP contribution in [0.4, 0.5) is 17.1 Å². The van der Waals surface area contributed by atoms with Crippen molar-refractivity contribution >= 4 is 17.1 Å². The highest BCUT2D eigenvalue weighted by atomic mass is 15.1. The Kier molecular flexibility index (Phi) is 8.24. The summed E-state index contributed by atoms with van der Waals surface area (Å²) in [6, 6.07) is 88.2. The molecule has 0 heterocycles. The molecular weight excluding hydrogens is 783 g/mol. The van der Waals surface area contributed by atoms with Crippen molar-refractivity contribution in [1.82, 2.24) is 0 Å².